The van der Waals surface area contributed by atoms with Gasteiger partial charge in [-0.3, -0.25) is 4.79 Å². The number of ether oxygens (including phenoxy) is 1. The Bertz CT molecular complexity index is 449. The first-order chi connectivity index (χ1) is 8.75. The number of benzene rings is 1. The predicted octanol–water partition coefficient (Wildman–Crippen LogP) is 2.08. The van der Waals surface area contributed by atoms with Crippen LogP contribution in [0.25, 0.3) is 0 Å². The van der Waals surface area contributed by atoms with Gasteiger partial charge in [-0.25, -0.2) is 0 Å². The maximum Gasteiger partial charge on any atom is 0.254 e. The summed E-state index contributed by atoms with van der Waals surface area (Å²) in [5, 5.41) is 0. The molecule has 4 nitrogen and oxygen atoms in total. The molecular formula is C14H19ClN2O2. The van der Waals surface area contributed by atoms with Crippen LogP contribution < -0.4 is 5.73 Å². The second-order valence-electron chi connectivity index (χ2n) is 5.03. The van der Waals surface area contributed by atoms with Crippen LogP contribution in [-0.2, 0) is 4.74 Å². The zero-order valence-electron chi connectivity index (χ0n) is 10.7. The van der Waals surface area contributed by atoms with Crippen LogP contribution in [0.4, 0.5) is 5.69 Å². The second kappa shape index (κ2) is 5.80. The molecule has 1 heterocycles. The number of halogens is 1. The maximum absolute atomic E-state index is 12.5. The molecule has 104 valence electrons. The van der Waals surface area contributed by atoms with Crippen LogP contribution in [0, 0.1) is 0 Å². The van der Waals surface area contributed by atoms with Gasteiger partial charge in [0.05, 0.1) is 18.8 Å². The summed E-state index contributed by atoms with van der Waals surface area (Å²) in [5.74, 6) is 0.107. The highest BCUT2D eigenvalue weighted by Crippen LogP contribution is 2.30. The van der Waals surface area contributed by atoms with Gasteiger partial charge in [0.15, 0.2) is 0 Å². The lowest BCUT2D eigenvalue weighted by Gasteiger charge is -2.37. The van der Waals surface area contributed by atoms with E-state index in [9.17, 15) is 4.79 Å². The number of fused-ring (bicyclic) bond motifs is 1. The van der Waals surface area contributed by atoms with Crippen molar-refractivity contribution in [3.8, 4) is 0 Å². The standard InChI is InChI=1S/C14H18N2O2.ClH/c15-11-6-4-10(5-7-11)14(17)16-8-9-18-13-3-1-2-12(13)16;/h4-7,12-13H,1-3,8-9,15H2;1H. The van der Waals surface area contributed by atoms with Gasteiger partial charge in [0.25, 0.3) is 5.91 Å². The van der Waals surface area contributed by atoms with Crippen molar-refractivity contribution in [2.24, 2.45) is 0 Å². The van der Waals surface area contributed by atoms with Gasteiger partial charge in [-0.05, 0) is 43.5 Å². The summed E-state index contributed by atoms with van der Waals surface area (Å²) in [7, 11) is 0. The van der Waals surface area contributed by atoms with Gasteiger partial charge in [-0.2, -0.15) is 0 Å². The Morgan fingerprint density at radius 2 is 2.00 bits per heavy atom. The second-order valence-corrected chi connectivity index (χ2v) is 5.03. The van der Waals surface area contributed by atoms with E-state index in [2.05, 4.69) is 0 Å². The molecule has 2 fully saturated rings. The van der Waals surface area contributed by atoms with Crippen molar-refractivity contribution in [1.82, 2.24) is 4.90 Å². The molecule has 0 aromatic heterocycles. The number of nitrogens with zero attached hydrogens (tertiary/aromatic N) is 1. The van der Waals surface area contributed by atoms with Crippen molar-refractivity contribution in [1.29, 1.82) is 0 Å². The number of carbonyl (C=O) groups excluding carboxylic acids is 1. The quantitative estimate of drug-likeness (QED) is 0.803. The molecule has 2 unspecified atom stereocenters. The summed E-state index contributed by atoms with van der Waals surface area (Å²) in [6.07, 6.45) is 3.54. The van der Waals surface area contributed by atoms with Crippen LogP contribution in [0.2, 0.25) is 0 Å². The van der Waals surface area contributed by atoms with E-state index in [-0.39, 0.29) is 30.5 Å². The van der Waals surface area contributed by atoms with E-state index in [0.717, 1.165) is 24.8 Å². The van der Waals surface area contributed by atoms with Crippen LogP contribution in [0.1, 0.15) is 29.6 Å². The van der Waals surface area contributed by atoms with Gasteiger partial charge in [0, 0.05) is 17.8 Å². The molecule has 0 spiro atoms. The molecule has 1 aliphatic heterocycles. The lowest BCUT2D eigenvalue weighted by Crippen LogP contribution is -2.51. The molecule has 1 saturated carbocycles. The molecule has 2 aliphatic rings. The van der Waals surface area contributed by atoms with E-state index in [4.69, 9.17) is 10.5 Å². The molecular weight excluding hydrogens is 264 g/mol. The van der Waals surface area contributed by atoms with Crippen molar-refractivity contribution >= 4 is 24.0 Å². The largest absolute Gasteiger partial charge is 0.399 e. The van der Waals surface area contributed by atoms with Crippen LogP contribution in [-0.4, -0.2) is 36.1 Å². The minimum Gasteiger partial charge on any atom is -0.399 e. The van der Waals surface area contributed by atoms with Crippen molar-refractivity contribution < 1.29 is 9.53 Å². The summed E-state index contributed by atoms with van der Waals surface area (Å²) < 4.78 is 5.72. The number of hydrogen-bond donors (Lipinski definition) is 1. The number of anilines is 1. The van der Waals surface area contributed by atoms with Gasteiger partial charge >= 0.3 is 0 Å². The van der Waals surface area contributed by atoms with E-state index in [1.807, 2.05) is 4.90 Å². The van der Waals surface area contributed by atoms with Crippen molar-refractivity contribution in [3.05, 3.63) is 29.8 Å². The van der Waals surface area contributed by atoms with E-state index >= 15 is 0 Å². The average Bonchev–Trinajstić information content (AvgIpc) is 2.87. The number of carbonyl (C=O) groups is 1. The van der Waals surface area contributed by atoms with E-state index in [1.54, 1.807) is 24.3 Å². The third kappa shape index (κ3) is 2.69. The van der Waals surface area contributed by atoms with Gasteiger partial charge in [-0.15, -0.1) is 12.4 Å². The van der Waals surface area contributed by atoms with E-state index in [1.165, 1.54) is 0 Å². The van der Waals surface area contributed by atoms with E-state index in [0.29, 0.717) is 18.8 Å². The predicted molar refractivity (Wildman–Crippen MR) is 76.5 cm³/mol. The normalized spacial score (nSPS) is 25.6. The highest BCUT2D eigenvalue weighted by atomic mass is 35.5. The SMILES string of the molecule is Cl.Nc1ccc(C(=O)N2CCOC3CCCC32)cc1. The van der Waals surface area contributed by atoms with Crippen molar-refractivity contribution in [2.75, 3.05) is 18.9 Å². The van der Waals surface area contributed by atoms with Crippen LogP contribution in [0.15, 0.2) is 24.3 Å². The third-order valence-corrected chi connectivity index (χ3v) is 3.90. The molecule has 1 saturated heterocycles. The number of nitrogen functional groups attached to an aromatic ring is 1. The third-order valence-electron chi connectivity index (χ3n) is 3.90. The molecule has 0 radical (unpaired) electrons. The summed E-state index contributed by atoms with van der Waals surface area (Å²) in [5.41, 5.74) is 7.05. The van der Waals surface area contributed by atoms with Crippen LogP contribution >= 0.6 is 12.4 Å². The Kier molecular flexibility index (Phi) is 4.32. The highest BCUT2D eigenvalue weighted by Gasteiger charge is 2.38. The zero-order chi connectivity index (χ0) is 12.5. The first kappa shape index (κ1) is 14.2. The Morgan fingerprint density at radius 3 is 2.74 bits per heavy atom. The maximum atomic E-state index is 12.5. The fourth-order valence-electron chi connectivity index (χ4n) is 2.97. The fraction of sp³-hybridized carbons (Fsp3) is 0.500. The molecule has 0 bridgehead atoms. The van der Waals surface area contributed by atoms with Crippen LogP contribution in [0.3, 0.4) is 0 Å². The molecule has 5 heteroatoms. The van der Waals surface area contributed by atoms with Gasteiger partial charge in [-0.1, -0.05) is 0 Å². The topological polar surface area (TPSA) is 55.6 Å². The Balaban J connectivity index is 0.00000133. The Hall–Kier alpha value is -1.26. The number of amides is 1. The molecule has 1 aromatic rings. The number of hydrogen-bond acceptors (Lipinski definition) is 3. The minimum absolute atomic E-state index is 0. The number of morpholine rings is 1. The summed E-state index contributed by atoms with van der Waals surface area (Å²) in [6, 6.07) is 7.43. The molecule has 19 heavy (non-hydrogen) atoms. The Labute approximate surface area is 119 Å². The van der Waals surface area contributed by atoms with Gasteiger partial charge < -0.3 is 15.4 Å². The fourth-order valence-corrected chi connectivity index (χ4v) is 2.97. The summed E-state index contributed by atoms with van der Waals surface area (Å²) >= 11 is 0. The molecule has 1 amide bonds. The smallest absolute Gasteiger partial charge is 0.254 e. The minimum atomic E-state index is 0. The summed E-state index contributed by atoms with van der Waals surface area (Å²) in [6.45, 7) is 1.35. The molecule has 2 atom stereocenters. The van der Waals surface area contributed by atoms with Crippen molar-refractivity contribution in [2.45, 2.75) is 31.4 Å². The first-order valence-corrected chi connectivity index (χ1v) is 6.54. The molecule has 1 aromatic carbocycles. The average molecular weight is 283 g/mol. The lowest BCUT2D eigenvalue weighted by atomic mass is 10.1. The number of nitrogens with two attached hydrogens (primary N) is 1. The van der Waals surface area contributed by atoms with Gasteiger partial charge in [0.1, 0.15) is 0 Å². The molecule has 3 rings (SSSR count). The van der Waals surface area contributed by atoms with Gasteiger partial charge in [0.2, 0.25) is 0 Å². The van der Waals surface area contributed by atoms with Crippen LogP contribution in [0.5, 0.6) is 0 Å². The lowest BCUT2D eigenvalue weighted by molar-refractivity contribution is -0.0445. The summed E-state index contributed by atoms with van der Waals surface area (Å²) in [4.78, 5) is 14.5. The Morgan fingerprint density at radius 1 is 1.26 bits per heavy atom. The van der Waals surface area contributed by atoms with E-state index < -0.39 is 0 Å². The molecule has 1 aliphatic carbocycles. The molecule has 2 N–H and O–H groups in total. The first-order valence-electron chi connectivity index (χ1n) is 6.54. The number of rotatable bonds is 1. The monoisotopic (exact) mass is 282 g/mol. The zero-order valence-corrected chi connectivity index (χ0v) is 11.6. The highest BCUT2D eigenvalue weighted by molar-refractivity contribution is 5.94. The van der Waals surface area contributed by atoms with Crippen molar-refractivity contribution in [3.63, 3.8) is 0 Å².